The predicted molar refractivity (Wildman–Crippen MR) is 106 cm³/mol. The van der Waals surface area contributed by atoms with E-state index in [1.807, 2.05) is 13.8 Å². The average Bonchev–Trinajstić information content (AvgIpc) is 2.95. The van der Waals surface area contributed by atoms with Crippen molar-refractivity contribution in [1.82, 2.24) is 5.32 Å². The number of aliphatic hydroxyl groups excluding tert-OH is 1. The number of hydrogen-bond donors (Lipinski definition) is 2. The number of aryl methyl sites for hydroxylation is 2. The highest BCUT2D eigenvalue weighted by atomic mass is 19.4. The quantitative estimate of drug-likeness (QED) is 0.703. The molecular formula is C22H28F3NO4. The van der Waals surface area contributed by atoms with E-state index in [2.05, 4.69) is 5.32 Å². The Hall–Kier alpha value is -2.22. The smallest absolute Gasteiger partial charge is 0.422 e. The Morgan fingerprint density at radius 1 is 1.17 bits per heavy atom. The summed E-state index contributed by atoms with van der Waals surface area (Å²) < 4.78 is 48.0. The van der Waals surface area contributed by atoms with Gasteiger partial charge in [0, 0.05) is 7.11 Å². The van der Waals surface area contributed by atoms with Gasteiger partial charge in [-0.2, -0.15) is 13.2 Å². The largest absolute Gasteiger partial charge is 0.509 e. The molecular weight excluding hydrogens is 399 g/mol. The molecule has 2 N–H and O–H groups in total. The molecule has 1 saturated carbocycles. The molecule has 1 heterocycles. The number of amides is 1. The van der Waals surface area contributed by atoms with E-state index in [9.17, 15) is 23.1 Å². The molecule has 0 bridgehead atoms. The molecule has 0 unspecified atom stereocenters. The topological polar surface area (TPSA) is 67.8 Å². The number of methoxy groups -OCH3 is 1. The Labute approximate surface area is 174 Å². The summed E-state index contributed by atoms with van der Waals surface area (Å²) >= 11 is 0. The van der Waals surface area contributed by atoms with E-state index in [-0.39, 0.29) is 29.1 Å². The van der Waals surface area contributed by atoms with Crippen molar-refractivity contribution in [3.05, 3.63) is 34.6 Å². The van der Waals surface area contributed by atoms with E-state index in [0.29, 0.717) is 42.4 Å². The second-order valence-corrected chi connectivity index (χ2v) is 7.92. The first-order chi connectivity index (χ1) is 14.1. The van der Waals surface area contributed by atoms with Gasteiger partial charge in [0.05, 0.1) is 17.2 Å². The third kappa shape index (κ3) is 4.29. The van der Waals surface area contributed by atoms with Crippen molar-refractivity contribution < 1.29 is 32.5 Å². The zero-order chi connectivity index (χ0) is 22.1. The minimum absolute atomic E-state index is 0.0235. The van der Waals surface area contributed by atoms with E-state index < -0.39 is 18.3 Å². The molecule has 3 rings (SSSR count). The van der Waals surface area contributed by atoms with Gasteiger partial charge < -0.3 is 19.9 Å². The van der Waals surface area contributed by atoms with E-state index >= 15 is 0 Å². The van der Waals surface area contributed by atoms with Crippen LogP contribution in [0.1, 0.15) is 56.2 Å². The fraction of sp³-hybridized carbons (Fsp3) is 0.591. The number of hydrogen-bond acceptors (Lipinski definition) is 4. The molecule has 30 heavy (non-hydrogen) atoms. The lowest BCUT2D eigenvalue weighted by Gasteiger charge is -2.36. The van der Waals surface area contributed by atoms with Crippen LogP contribution in [-0.2, 0) is 22.4 Å². The van der Waals surface area contributed by atoms with Crippen LogP contribution in [0.2, 0.25) is 0 Å². The van der Waals surface area contributed by atoms with Gasteiger partial charge in [-0.15, -0.1) is 0 Å². The van der Waals surface area contributed by atoms with Crippen LogP contribution in [-0.4, -0.2) is 42.5 Å². The molecule has 1 spiro atoms. The average molecular weight is 427 g/mol. The van der Waals surface area contributed by atoms with Gasteiger partial charge >= 0.3 is 6.18 Å². The summed E-state index contributed by atoms with van der Waals surface area (Å²) in [6.07, 6.45) is -0.782. The van der Waals surface area contributed by atoms with Crippen LogP contribution in [0.4, 0.5) is 13.2 Å². The highest BCUT2D eigenvalue weighted by Gasteiger charge is 2.48. The van der Waals surface area contributed by atoms with Gasteiger partial charge in [-0.1, -0.05) is 13.8 Å². The van der Waals surface area contributed by atoms with Crippen LogP contribution in [0.15, 0.2) is 17.9 Å². The first-order valence-corrected chi connectivity index (χ1v) is 10.3. The van der Waals surface area contributed by atoms with Crippen LogP contribution in [0.5, 0.6) is 5.75 Å². The highest BCUT2D eigenvalue weighted by molar-refractivity contribution is 6.24. The summed E-state index contributed by atoms with van der Waals surface area (Å²) in [5.41, 5.74) is 1.36. The normalized spacial score (nSPS) is 24.5. The van der Waals surface area contributed by atoms with E-state index in [1.54, 1.807) is 7.11 Å². The molecule has 5 nitrogen and oxygen atoms in total. The van der Waals surface area contributed by atoms with Crippen LogP contribution < -0.4 is 10.1 Å². The number of halogens is 3. The first kappa shape index (κ1) is 22.5. The molecule has 1 aromatic carbocycles. The summed E-state index contributed by atoms with van der Waals surface area (Å²) in [6.45, 7) is 2.34. The number of ether oxygens (including phenoxy) is 2. The molecule has 2 aliphatic rings. The standard InChI is InChI=1S/C22H28F3NO4/c1-4-13-10-16(30-12-22(23,24)25)11-14(5-2)17(13)18-19(27)21(26-20(18)28)8-6-15(29-3)7-9-21/h10-11,15,27H,4-9,12H2,1-3H3,(H,26,28). The van der Waals surface area contributed by atoms with Gasteiger partial charge in [-0.3, -0.25) is 4.79 Å². The van der Waals surface area contributed by atoms with Crippen molar-refractivity contribution in [3.63, 3.8) is 0 Å². The number of alkyl halides is 3. The van der Waals surface area contributed by atoms with Crippen LogP contribution >= 0.6 is 0 Å². The van der Waals surface area contributed by atoms with Crippen molar-refractivity contribution in [2.75, 3.05) is 13.7 Å². The molecule has 0 saturated heterocycles. The highest BCUT2D eigenvalue weighted by Crippen LogP contribution is 2.44. The predicted octanol–water partition coefficient (Wildman–Crippen LogP) is 4.48. The lowest BCUT2D eigenvalue weighted by atomic mass is 9.78. The maximum absolute atomic E-state index is 12.9. The second kappa shape index (κ2) is 8.49. The molecule has 1 aromatic rings. The van der Waals surface area contributed by atoms with Crippen molar-refractivity contribution in [2.24, 2.45) is 0 Å². The number of benzene rings is 1. The maximum Gasteiger partial charge on any atom is 0.422 e. The summed E-state index contributed by atoms with van der Waals surface area (Å²) in [5, 5.41) is 14.1. The molecule has 1 fully saturated rings. The van der Waals surface area contributed by atoms with E-state index in [0.717, 1.165) is 12.8 Å². The van der Waals surface area contributed by atoms with Gasteiger partial charge in [-0.05, 0) is 67.3 Å². The Bertz CT molecular complexity index is 814. The van der Waals surface area contributed by atoms with Gasteiger partial charge in [0.2, 0.25) is 0 Å². The molecule has 0 aromatic heterocycles. The number of carbonyl (C=O) groups excluding carboxylic acids is 1. The van der Waals surface area contributed by atoms with Crippen LogP contribution in [0.25, 0.3) is 5.57 Å². The Morgan fingerprint density at radius 3 is 2.20 bits per heavy atom. The third-order valence-corrected chi connectivity index (χ3v) is 6.08. The van der Waals surface area contributed by atoms with Crippen molar-refractivity contribution in [3.8, 4) is 5.75 Å². The number of rotatable bonds is 6. The lowest BCUT2D eigenvalue weighted by Crippen LogP contribution is -2.48. The Kier molecular flexibility index (Phi) is 6.36. The van der Waals surface area contributed by atoms with Gasteiger partial charge in [0.15, 0.2) is 6.61 Å². The zero-order valence-electron chi connectivity index (χ0n) is 17.5. The zero-order valence-corrected chi connectivity index (χ0v) is 17.5. The molecule has 166 valence electrons. The van der Waals surface area contributed by atoms with Crippen molar-refractivity contribution >= 4 is 11.5 Å². The summed E-state index contributed by atoms with van der Waals surface area (Å²) in [7, 11) is 1.65. The van der Waals surface area contributed by atoms with Crippen LogP contribution in [0.3, 0.4) is 0 Å². The molecule has 8 heteroatoms. The first-order valence-electron chi connectivity index (χ1n) is 10.3. The molecule has 1 aliphatic carbocycles. The Morgan fingerprint density at radius 2 is 1.73 bits per heavy atom. The molecule has 1 amide bonds. The number of aliphatic hydroxyl groups is 1. The number of nitrogens with one attached hydrogen (secondary N) is 1. The lowest BCUT2D eigenvalue weighted by molar-refractivity contribution is -0.153. The van der Waals surface area contributed by atoms with Gasteiger partial charge in [0.25, 0.3) is 5.91 Å². The SMILES string of the molecule is CCc1cc(OCC(F)(F)F)cc(CC)c1C1=C(O)C2(CCC(OC)CC2)NC1=O. The summed E-state index contributed by atoms with van der Waals surface area (Å²) in [4.78, 5) is 12.9. The fourth-order valence-corrected chi connectivity index (χ4v) is 4.46. The minimum atomic E-state index is -4.43. The van der Waals surface area contributed by atoms with E-state index in [4.69, 9.17) is 9.47 Å². The Balaban J connectivity index is 2.02. The summed E-state index contributed by atoms with van der Waals surface area (Å²) in [5.74, 6) is -0.217. The van der Waals surface area contributed by atoms with Crippen molar-refractivity contribution in [1.29, 1.82) is 0 Å². The number of carbonyl (C=O) groups is 1. The van der Waals surface area contributed by atoms with Crippen LogP contribution in [0, 0.1) is 0 Å². The maximum atomic E-state index is 12.9. The molecule has 1 aliphatic heterocycles. The summed E-state index contributed by atoms with van der Waals surface area (Å²) in [6, 6.07) is 3.06. The minimum Gasteiger partial charge on any atom is -0.509 e. The monoisotopic (exact) mass is 427 g/mol. The van der Waals surface area contributed by atoms with E-state index in [1.165, 1.54) is 12.1 Å². The molecule has 0 atom stereocenters. The molecule has 0 radical (unpaired) electrons. The third-order valence-electron chi connectivity index (χ3n) is 6.08. The fourth-order valence-electron chi connectivity index (χ4n) is 4.46. The second-order valence-electron chi connectivity index (χ2n) is 7.92. The van der Waals surface area contributed by atoms with Gasteiger partial charge in [-0.25, -0.2) is 0 Å². The van der Waals surface area contributed by atoms with Crippen molar-refractivity contribution in [2.45, 2.75) is 70.2 Å². The van der Waals surface area contributed by atoms with Gasteiger partial charge in [0.1, 0.15) is 11.5 Å².